The minimum absolute atomic E-state index is 0.0627. The van der Waals surface area contributed by atoms with E-state index in [2.05, 4.69) is 5.32 Å². The van der Waals surface area contributed by atoms with Gasteiger partial charge in [0.2, 0.25) is 0 Å². The average molecular weight is 343 g/mol. The Labute approximate surface area is 144 Å². The number of benzene rings is 2. The number of amides is 1. The fourth-order valence-corrected chi connectivity index (χ4v) is 3.75. The summed E-state index contributed by atoms with van der Waals surface area (Å²) in [5.41, 5.74) is 4.98. The van der Waals surface area contributed by atoms with Crippen molar-refractivity contribution < 1.29 is 9.18 Å². The first kappa shape index (κ1) is 15.2. The molecule has 0 unspecified atom stereocenters. The third-order valence-corrected chi connectivity index (χ3v) is 4.90. The highest BCUT2D eigenvalue weighted by Crippen LogP contribution is 2.37. The summed E-state index contributed by atoms with van der Waals surface area (Å²) in [6.45, 7) is 4.99. The molecule has 3 aromatic rings. The lowest BCUT2D eigenvalue weighted by Crippen LogP contribution is -2.35. The Balaban J connectivity index is 2.10. The molecule has 4 rings (SSSR count). The summed E-state index contributed by atoms with van der Waals surface area (Å²) >= 11 is 6.33. The van der Waals surface area contributed by atoms with Gasteiger partial charge in [0, 0.05) is 29.1 Å². The molecule has 0 aliphatic carbocycles. The summed E-state index contributed by atoms with van der Waals surface area (Å²) in [6.07, 6.45) is 0. The Morgan fingerprint density at radius 3 is 2.75 bits per heavy atom. The number of halogens is 2. The molecule has 0 bridgehead atoms. The zero-order chi connectivity index (χ0) is 17.0. The Morgan fingerprint density at radius 1 is 1.21 bits per heavy atom. The third kappa shape index (κ3) is 2.13. The molecular weight excluding hydrogens is 327 g/mol. The van der Waals surface area contributed by atoms with Crippen LogP contribution in [0.4, 0.5) is 4.39 Å². The number of hydrogen-bond donors (Lipinski definition) is 1. The lowest BCUT2D eigenvalue weighted by atomic mass is 10.00. The second-order valence-corrected chi connectivity index (χ2v) is 6.63. The molecule has 0 spiro atoms. The molecule has 1 aliphatic heterocycles. The summed E-state index contributed by atoms with van der Waals surface area (Å²) in [5.74, 6) is -0.294. The number of fused-ring (bicyclic) bond motifs is 3. The summed E-state index contributed by atoms with van der Waals surface area (Å²) in [4.78, 5) is 12.3. The second-order valence-electron chi connectivity index (χ2n) is 6.19. The van der Waals surface area contributed by atoms with E-state index in [0.717, 1.165) is 27.6 Å². The van der Waals surface area contributed by atoms with Gasteiger partial charge in [-0.3, -0.25) is 4.79 Å². The van der Waals surface area contributed by atoms with E-state index in [-0.39, 0.29) is 11.7 Å². The highest BCUT2D eigenvalue weighted by atomic mass is 35.5. The maximum absolute atomic E-state index is 13.7. The van der Waals surface area contributed by atoms with Crippen molar-refractivity contribution in [3.63, 3.8) is 0 Å². The zero-order valence-corrected chi connectivity index (χ0v) is 14.2. The van der Waals surface area contributed by atoms with Gasteiger partial charge in [-0.15, -0.1) is 0 Å². The van der Waals surface area contributed by atoms with Crippen LogP contribution in [0.5, 0.6) is 0 Å². The minimum Gasteiger partial charge on any atom is -0.349 e. The highest BCUT2D eigenvalue weighted by molar-refractivity contribution is 6.32. The van der Waals surface area contributed by atoms with Gasteiger partial charge >= 0.3 is 0 Å². The molecule has 5 heteroatoms. The van der Waals surface area contributed by atoms with Crippen molar-refractivity contribution in [1.82, 2.24) is 9.88 Å². The normalized spacial score (nSPS) is 13.9. The van der Waals surface area contributed by atoms with Crippen molar-refractivity contribution in [2.75, 3.05) is 6.54 Å². The molecular formula is C19H16ClFN2O. The van der Waals surface area contributed by atoms with Crippen LogP contribution in [0.1, 0.15) is 21.6 Å². The maximum atomic E-state index is 13.7. The number of carbonyl (C=O) groups excluding carboxylic acids is 1. The van der Waals surface area contributed by atoms with E-state index >= 15 is 0 Å². The van der Waals surface area contributed by atoms with E-state index in [1.165, 1.54) is 6.07 Å². The molecule has 0 atom stereocenters. The van der Waals surface area contributed by atoms with Gasteiger partial charge in [0.15, 0.2) is 0 Å². The van der Waals surface area contributed by atoms with Crippen molar-refractivity contribution >= 4 is 28.4 Å². The molecule has 1 aromatic heterocycles. The van der Waals surface area contributed by atoms with Crippen molar-refractivity contribution in [1.29, 1.82) is 0 Å². The lowest BCUT2D eigenvalue weighted by molar-refractivity contribution is 0.0928. The Hall–Kier alpha value is -2.33. The van der Waals surface area contributed by atoms with Crippen LogP contribution in [0.2, 0.25) is 5.02 Å². The van der Waals surface area contributed by atoms with Crippen LogP contribution in [0.3, 0.4) is 0 Å². The maximum Gasteiger partial charge on any atom is 0.268 e. The van der Waals surface area contributed by atoms with Crippen molar-refractivity contribution in [3.8, 4) is 11.1 Å². The van der Waals surface area contributed by atoms with Gasteiger partial charge in [0.1, 0.15) is 11.5 Å². The van der Waals surface area contributed by atoms with Crippen LogP contribution in [-0.4, -0.2) is 17.0 Å². The first-order valence-electron chi connectivity index (χ1n) is 7.84. The number of aromatic nitrogens is 1. The van der Waals surface area contributed by atoms with Crippen LogP contribution < -0.4 is 5.32 Å². The van der Waals surface area contributed by atoms with Crippen LogP contribution >= 0.6 is 11.6 Å². The number of nitrogens with zero attached hydrogens (tertiary/aromatic N) is 1. The molecule has 0 saturated heterocycles. The molecule has 0 radical (unpaired) electrons. The Morgan fingerprint density at radius 2 is 2.00 bits per heavy atom. The van der Waals surface area contributed by atoms with Gasteiger partial charge in [0.25, 0.3) is 5.91 Å². The first-order valence-corrected chi connectivity index (χ1v) is 8.22. The lowest BCUT2D eigenvalue weighted by Gasteiger charge is -2.18. The largest absolute Gasteiger partial charge is 0.349 e. The molecule has 24 heavy (non-hydrogen) atoms. The van der Waals surface area contributed by atoms with Gasteiger partial charge in [-0.05, 0) is 54.8 Å². The molecule has 3 nitrogen and oxygen atoms in total. The van der Waals surface area contributed by atoms with Gasteiger partial charge in [-0.25, -0.2) is 4.39 Å². The predicted molar refractivity (Wildman–Crippen MR) is 94.1 cm³/mol. The van der Waals surface area contributed by atoms with E-state index in [1.54, 1.807) is 13.0 Å². The fourth-order valence-electron chi connectivity index (χ4n) is 3.53. The number of aryl methyl sites for hydroxylation is 2. The highest BCUT2D eigenvalue weighted by Gasteiger charge is 2.25. The molecule has 1 N–H and O–H groups in total. The third-order valence-electron chi connectivity index (χ3n) is 4.68. The quantitative estimate of drug-likeness (QED) is 0.696. The zero-order valence-electron chi connectivity index (χ0n) is 13.4. The average Bonchev–Trinajstić information content (AvgIpc) is 2.83. The Kier molecular flexibility index (Phi) is 3.39. The van der Waals surface area contributed by atoms with E-state index in [0.29, 0.717) is 29.4 Å². The predicted octanol–water partition coefficient (Wildman–Crippen LogP) is 4.46. The number of rotatable bonds is 1. The molecule has 1 amide bonds. The van der Waals surface area contributed by atoms with Gasteiger partial charge in [-0.2, -0.15) is 0 Å². The van der Waals surface area contributed by atoms with Gasteiger partial charge in [0.05, 0.1) is 5.52 Å². The topological polar surface area (TPSA) is 34.0 Å². The molecule has 2 aromatic carbocycles. The van der Waals surface area contributed by atoms with E-state index in [1.807, 2.05) is 29.7 Å². The summed E-state index contributed by atoms with van der Waals surface area (Å²) in [5, 5.41) is 4.46. The van der Waals surface area contributed by atoms with Crippen molar-refractivity contribution in [3.05, 3.63) is 58.0 Å². The SMILES string of the molecule is Cc1cc(-c2cc(Cl)cc3c(C)c4n(c23)CCNC4=O)ccc1F. The molecule has 1 aliphatic rings. The van der Waals surface area contributed by atoms with Gasteiger partial charge in [-0.1, -0.05) is 17.7 Å². The number of nitrogens with one attached hydrogen (secondary N) is 1. The fraction of sp³-hybridized carbons (Fsp3) is 0.211. The molecule has 2 heterocycles. The Bertz CT molecular complexity index is 1010. The van der Waals surface area contributed by atoms with E-state index in [4.69, 9.17) is 11.6 Å². The van der Waals surface area contributed by atoms with Crippen molar-refractivity contribution in [2.24, 2.45) is 0 Å². The molecule has 0 fully saturated rings. The van der Waals surface area contributed by atoms with Crippen LogP contribution in [0.25, 0.3) is 22.0 Å². The monoisotopic (exact) mass is 342 g/mol. The minimum atomic E-state index is -0.232. The van der Waals surface area contributed by atoms with Gasteiger partial charge < -0.3 is 9.88 Å². The summed E-state index contributed by atoms with van der Waals surface area (Å²) in [6, 6.07) is 8.82. The van der Waals surface area contributed by atoms with Crippen LogP contribution in [0, 0.1) is 19.7 Å². The number of hydrogen-bond acceptors (Lipinski definition) is 1. The molecule has 0 saturated carbocycles. The van der Waals surface area contributed by atoms with Crippen molar-refractivity contribution in [2.45, 2.75) is 20.4 Å². The summed E-state index contributed by atoms with van der Waals surface area (Å²) < 4.78 is 15.7. The van der Waals surface area contributed by atoms with E-state index in [9.17, 15) is 9.18 Å². The second kappa shape index (κ2) is 5.35. The van der Waals surface area contributed by atoms with E-state index < -0.39 is 0 Å². The van der Waals surface area contributed by atoms with Crippen LogP contribution in [-0.2, 0) is 6.54 Å². The number of carbonyl (C=O) groups is 1. The van der Waals surface area contributed by atoms with Crippen LogP contribution in [0.15, 0.2) is 30.3 Å². The smallest absolute Gasteiger partial charge is 0.268 e. The molecule has 122 valence electrons. The summed E-state index contributed by atoms with van der Waals surface area (Å²) in [7, 11) is 0. The standard InChI is InChI=1S/C19H16ClFN2O/c1-10-7-12(3-4-16(10)21)15-9-13(20)8-14-11(2)17-19(24)22-5-6-23(17)18(14)15/h3-4,7-9H,5-6H2,1-2H3,(H,22,24). The first-order chi connectivity index (χ1) is 11.5.